The molecule has 3 aliphatic rings. The topological polar surface area (TPSA) is 97.0 Å². The van der Waals surface area contributed by atoms with Gasteiger partial charge >= 0.3 is 0 Å². The number of carbonyl (C=O) groups is 3. The Bertz CT molecular complexity index is 1110. The summed E-state index contributed by atoms with van der Waals surface area (Å²) in [5.74, 6) is -1.06. The Morgan fingerprint density at radius 1 is 1.06 bits per heavy atom. The van der Waals surface area contributed by atoms with E-state index in [9.17, 15) is 14.4 Å². The number of hydrogen-bond acceptors (Lipinski definition) is 5. The van der Waals surface area contributed by atoms with Crippen LogP contribution >= 0.6 is 0 Å². The lowest BCUT2D eigenvalue weighted by Crippen LogP contribution is -2.41. The van der Waals surface area contributed by atoms with Gasteiger partial charge in [-0.2, -0.15) is 0 Å². The number of fused-ring (bicyclic) bond motifs is 1. The first-order valence-electron chi connectivity index (χ1n) is 10.4. The van der Waals surface area contributed by atoms with E-state index in [4.69, 9.17) is 9.47 Å². The monoisotopic (exact) mass is 433 g/mol. The number of ether oxygens (including phenoxy) is 2. The molecule has 0 aliphatic carbocycles. The van der Waals surface area contributed by atoms with Crippen molar-refractivity contribution in [3.63, 3.8) is 0 Å². The van der Waals surface area contributed by atoms with Crippen molar-refractivity contribution in [2.75, 3.05) is 29.2 Å². The highest BCUT2D eigenvalue weighted by Crippen LogP contribution is 2.52. The first-order chi connectivity index (χ1) is 15.4. The summed E-state index contributed by atoms with van der Waals surface area (Å²) in [6, 6.07) is 14.1. The van der Waals surface area contributed by atoms with Crippen LogP contribution < -0.4 is 20.3 Å². The lowest BCUT2D eigenvalue weighted by atomic mass is 9.77. The molecule has 0 aromatic heterocycles. The summed E-state index contributed by atoms with van der Waals surface area (Å²) in [5, 5.41) is 5.62. The molecule has 0 saturated carbocycles. The van der Waals surface area contributed by atoms with Crippen LogP contribution in [0.15, 0.2) is 60.7 Å². The lowest BCUT2D eigenvalue weighted by Gasteiger charge is -2.23. The fourth-order valence-electron chi connectivity index (χ4n) is 4.84. The van der Waals surface area contributed by atoms with Crippen LogP contribution in [0.2, 0.25) is 0 Å². The highest BCUT2D eigenvalue weighted by atomic mass is 16.5. The minimum atomic E-state index is -0.806. The van der Waals surface area contributed by atoms with E-state index in [0.717, 1.165) is 0 Å². The average molecular weight is 433 g/mol. The van der Waals surface area contributed by atoms with E-state index in [0.29, 0.717) is 29.4 Å². The first-order valence-corrected chi connectivity index (χ1v) is 10.4. The minimum Gasteiger partial charge on any atom is -0.497 e. The van der Waals surface area contributed by atoms with E-state index in [2.05, 4.69) is 10.6 Å². The van der Waals surface area contributed by atoms with Crippen molar-refractivity contribution in [1.29, 1.82) is 0 Å². The van der Waals surface area contributed by atoms with E-state index in [1.165, 1.54) is 6.92 Å². The molecule has 5 rings (SSSR count). The number of amides is 3. The quantitative estimate of drug-likeness (QED) is 0.707. The second kappa shape index (κ2) is 7.49. The van der Waals surface area contributed by atoms with Gasteiger partial charge in [-0.25, -0.2) is 0 Å². The number of nitrogens with one attached hydrogen (secondary N) is 2. The van der Waals surface area contributed by atoms with E-state index >= 15 is 0 Å². The van der Waals surface area contributed by atoms with Crippen molar-refractivity contribution in [2.24, 2.45) is 11.8 Å². The van der Waals surface area contributed by atoms with E-state index in [1.54, 1.807) is 60.5 Å². The van der Waals surface area contributed by atoms with E-state index in [1.807, 2.05) is 12.2 Å². The van der Waals surface area contributed by atoms with Crippen LogP contribution in [-0.4, -0.2) is 43.1 Å². The van der Waals surface area contributed by atoms with Crippen LogP contribution in [0, 0.1) is 11.8 Å². The van der Waals surface area contributed by atoms with Crippen molar-refractivity contribution in [1.82, 2.24) is 0 Å². The number of anilines is 3. The molecule has 4 atom stereocenters. The standard InChI is InChI=1S/C24H23N3O5/c1-14(28)25-15-3-7-17(8-4-15)27-13-24-12-11-19(32-24)20(21(24)23(27)30)22(29)26-16-5-9-18(31-2)10-6-16/h3-12,19-21H,13H2,1-2H3,(H,25,28)(H,26,29)/t19-,20-,21+,24-/m0/s1. The molecule has 2 saturated heterocycles. The van der Waals surface area contributed by atoms with Gasteiger partial charge in [-0.15, -0.1) is 0 Å². The normalized spacial score (nSPS) is 27.4. The first kappa shape index (κ1) is 20.3. The van der Waals surface area contributed by atoms with Gasteiger partial charge in [0.1, 0.15) is 11.4 Å². The highest BCUT2D eigenvalue weighted by molar-refractivity contribution is 6.05. The van der Waals surface area contributed by atoms with Crippen molar-refractivity contribution >= 4 is 34.8 Å². The molecular formula is C24H23N3O5. The summed E-state index contributed by atoms with van der Waals surface area (Å²) in [6.07, 6.45) is 3.38. The largest absolute Gasteiger partial charge is 0.497 e. The van der Waals surface area contributed by atoms with Crippen LogP contribution in [0.1, 0.15) is 6.92 Å². The maximum atomic E-state index is 13.4. The molecular weight excluding hydrogens is 410 g/mol. The Labute approximate surface area is 185 Å². The molecule has 2 bridgehead atoms. The molecule has 2 fully saturated rings. The zero-order valence-corrected chi connectivity index (χ0v) is 17.7. The molecule has 0 radical (unpaired) electrons. The molecule has 3 aliphatic heterocycles. The third kappa shape index (κ3) is 3.23. The van der Waals surface area contributed by atoms with Gasteiger partial charge in [0.25, 0.3) is 0 Å². The van der Waals surface area contributed by atoms with Gasteiger partial charge < -0.3 is 25.0 Å². The number of rotatable bonds is 5. The number of methoxy groups -OCH3 is 1. The molecule has 2 N–H and O–H groups in total. The number of hydrogen-bond donors (Lipinski definition) is 2. The smallest absolute Gasteiger partial charge is 0.234 e. The fraction of sp³-hybridized carbons (Fsp3) is 0.292. The summed E-state index contributed by atoms with van der Waals surface area (Å²) in [6.45, 7) is 1.78. The molecule has 1 spiro atoms. The van der Waals surface area contributed by atoms with Crippen molar-refractivity contribution < 1.29 is 23.9 Å². The number of benzene rings is 2. The third-order valence-corrected chi connectivity index (χ3v) is 6.26. The van der Waals surface area contributed by atoms with Crippen molar-refractivity contribution in [2.45, 2.75) is 18.6 Å². The maximum Gasteiger partial charge on any atom is 0.234 e. The Kier molecular flexibility index (Phi) is 4.74. The molecule has 0 unspecified atom stereocenters. The summed E-state index contributed by atoms with van der Waals surface area (Å²) in [4.78, 5) is 39.5. The molecule has 32 heavy (non-hydrogen) atoms. The third-order valence-electron chi connectivity index (χ3n) is 6.26. The van der Waals surface area contributed by atoms with E-state index < -0.39 is 23.5 Å². The van der Waals surface area contributed by atoms with Gasteiger partial charge in [-0.3, -0.25) is 14.4 Å². The highest BCUT2D eigenvalue weighted by Gasteiger charge is 2.67. The Morgan fingerprint density at radius 3 is 2.38 bits per heavy atom. The second-order valence-corrected chi connectivity index (χ2v) is 8.27. The minimum absolute atomic E-state index is 0.140. The zero-order chi connectivity index (χ0) is 22.5. The average Bonchev–Trinajstić information content (AvgIpc) is 3.43. The summed E-state index contributed by atoms with van der Waals surface area (Å²) in [7, 11) is 1.58. The summed E-state index contributed by atoms with van der Waals surface area (Å²) >= 11 is 0. The van der Waals surface area contributed by atoms with Gasteiger partial charge in [-0.1, -0.05) is 12.2 Å². The SMILES string of the molecule is COc1ccc(NC(=O)[C@H]2[C@@H]3C=C[C@@]4(CN(c5ccc(NC(C)=O)cc5)C(=O)[C@@H]24)O3)cc1. The number of nitrogens with zero attached hydrogens (tertiary/aromatic N) is 1. The van der Waals surface area contributed by atoms with Crippen LogP contribution in [0.5, 0.6) is 5.75 Å². The van der Waals surface area contributed by atoms with Gasteiger partial charge in [-0.05, 0) is 48.5 Å². The van der Waals surface area contributed by atoms with Crippen molar-refractivity contribution in [3.8, 4) is 5.75 Å². The molecule has 8 heteroatoms. The van der Waals surface area contributed by atoms with Crippen molar-refractivity contribution in [3.05, 3.63) is 60.7 Å². The molecule has 2 aromatic rings. The number of carbonyl (C=O) groups excluding carboxylic acids is 3. The lowest BCUT2D eigenvalue weighted by molar-refractivity contribution is -0.128. The Hall–Kier alpha value is -3.65. The Balaban J connectivity index is 1.36. The van der Waals surface area contributed by atoms with Crippen LogP contribution in [0.25, 0.3) is 0 Å². The Morgan fingerprint density at radius 2 is 1.72 bits per heavy atom. The van der Waals surface area contributed by atoms with Crippen LogP contribution in [-0.2, 0) is 19.1 Å². The maximum absolute atomic E-state index is 13.4. The molecule has 3 amide bonds. The van der Waals surface area contributed by atoms with Gasteiger partial charge in [0.05, 0.1) is 31.6 Å². The van der Waals surface area contributed by atoms with Gasteiger partial charge in [0.2, 0.25) is 17.7 Å². The van der Waals surface area contributed by atoms with Gasteiger partial charge in [0, 0.05) is 24.0 Å². The zero-order valence-electron chi connectivity index (χ0n) is 17.7. The summed E-state index contributed by atoms with van der Waals surface area (Å²) in [5.41, 5.74) is 1.18. The summed E-state index contributed by atoms with van der Waals surface area (Å²) < 4.78 is 11.3. The molecule has 3 heterocycles. The second-order valence-electron chi connectivity index (χ2n) is 8.27. The fourth-order valence-corrected chi connectivity index (χ4v) is 4.84. The van der Waals surface area contributed by atoms with Crippen LogP contribution in [0.4, 0.5) is 17.1 Å². The predicted molar refractivity (Wildman–Crippen MR) is 118 cm³/mol. The van der Waals surface area contributed by atoms with Crippen LogP contribution in [0.3, 0.4) is 0 Å². The van der Waals surface area contributed by atoms with Gasteiger partial charge in [0.15, 0.2) is 0 Å². The molecule has 2 aromatic carbocycles. The predicted octanol–water partition coefficient (Wildman–Crippen LogP) is 2.58. The van der Waals surface area contributed by atoms with E-state index in [-0.39, 0.29) is 17.7 Å². The molecule has 8 nitrogen and oxygen atoms in total. The molecule has 164 valence electrons.